The lowest BCUT2D eigenvalue weighted by atomic mass is 10.3. The number of fused-ring (bicyclic) bond motifs is 1. The SMILES string of the molecule is COCCn1c(SC(C)C(=O)Nc2ccc(Cl)cn2)nc2ccccc21. The molecule has 6 nitrogen and oxygen atoms in total. The largest absolute Gasteiger partial charge is 0.383 e. The molecule has 0 saturated heterocycles. The summed E-state index contributed by atoms with van der Waals surface area (Å²) < 4.78 is 7.28. The number of rotatable bonds is 7. The second-order valence-corrected chi connectivity index (χ2v) is 7.38. The van der Waals surface area contributed by atoms with Crippen molar-refractivity contribution in [3.05, 3.63) is 47.6 Å². The molecular weight excluding hydrogens is 372 g/mol. The summed E-state index contributed by atoms with van der Waals surface area (Å²) in [7, 11) is 1.67. The minimum absolute atomic E-state index is 0.143. The van der Waals surface area contributed by atoms with Gasteiger partial charge in [0.05, 0.1) is 27.9 Å². The average molecular weight is 391 g/mol. The standard InChI is InChI=1S/C18H19ClN4O2S/c1-12(17(24)22-16-8-7-13(19)11-20-16)26-18-21-14-5-3-4-6-15(14)23(18)9-10-25-2/h3-8,11-12H,9-10H2,1-2H3,(H,20,22,24). The predicted octanol–water partition coefficient (Wildman–Crippen LogP) is 3.85. The fraction of sp³-hybridized carbons (Fsp3) is 0.278. The molecule has 0 bridgehead atoms. The van der Waals surface area contributed by atoms with Gasteiger partial charge in [0.25, 0.3) is 0 Å². The number of imidazole rings is 1. The molecule has 0 saturated carbocycles. The van der Waals surface area contributed by atoms with Crippen molar-refractivity contribution in [1.82, 2.24) is 14.5 Å². The van der Waals surface area contributed by atoms with Gasteiger partial charge in [-0.15, -0.1) is 0 Å². The smallest absolute Gasteiger partial charge is 0.238 e. The number of methoxy groups -OCH3 is 1. The van der Waals surface area contributed by atoms with E-state index in [1.165, 1.54) is 18.0 Å². The van der Waals surface area contributed by atoms with E-state index in [1.54, 1.807) is 19.2 Å². The molecule has 0 aliphatic rings. The number of para-hydroxylation sites is 2. The molecule has 1 aromatic carbocycles. The van der Waals surface area contributed by atoms with E-state index in [4.69, 9.17) is 16.3 Å². The molecule has 1 amide bonds. The highest BCUT2D eigenvalue weighted by Crippen LogP contribution is 2.27. The number of hydrogen-bond acceptors (Lipinski definition) is 5. The molecular formula is C18H19ClN4O2S. The fourth-order valence-corrected chi connectivity index (χ4v) is 3.49. The molecule has 1 atom stereocenters. The first-order valence-electron chi connectivity index (χ1n) is 8.12. The molecule has 136 valence electrons. The third-order valence-corrected chi connectivity index (χ3v) is 5.08. The first-order valence-corrected chi connectivity index (χ1v) is 9.37. The van der Waals surface area contributed by atoms with Crippen LogP contribution in [-0.4, -0.2) is 39.4 Å². The average Bonchev–Trinajstić information content (AvgIpc) is 2.98. The maximum atomic E-state index is 12.5. The summed E-state index contributed by atoms with van der Waals surface area (Å²) in [6.07, 6.45) is 1.50. The lowest BCUT2D eigenvalue weighted by Gasteiger charge is -2.13. The molecule has 2 aromatic heterocycles. The van der Waals surface area contributed by atoms with E-state index in [-0.39, 0.29) is 11.2 Å². The Kier molecular flexibility index (Phi) is 6.13. The lowest BCUT2D eigenvalue weighted by molar-refractivity contribution is -0.115. The normalized spacial score (nSPS) is 12.3. The maximum absolute atomic E-state index is 12.5. The number of hydrogen-bond donors (Lipinski definition) is 1. The van der Waals surface area contributed by atoms with Gasteiger partial charge in [-0.2, -0.15) is 0 Å². The highest BCUT2D eigenvalue weighted by molar-refractivity contribution is 8.00. The molecule has 0 fully saturated rings. The molecule has 26 heavy (non-hydrogen) atoms. The van der Waals surface area contributed by atoms with Crippen LogP contribution in [0.2, 0.25) is 5.02 Å². The Bertz CT molecular complexity index is 898. The number of nitrogens with zero attached hydrogens (tertiary/aromatic N) is 3. The number of nitrogens with one attached hydrogen (secondary N) is 1. The number of halogens is 1. The number of amides is 1. The number of benzene rings is 1. The summed E-state index contributed by atoms with van der Waals surface area (Å²) in [6.45, 7) is 3.09. The van der Waals surface area contributed by atoms with Crippen molar-refractivity contribution in [2.45, 2.75) is 23.9 Å². The van der Waals surface area contributed by atoms with E-state index < -0.39 is 0 Å². The molecule has 0 aliphatic carbocycles. The molecule has 2 heterocycles. The van der Waals surface area contributed by atoms with Crippen LogP contribution in [0.3, 0.4) is 0 Å². The first kappa shape index (κ1) is 18.7. The van der Waals surface area contributed by atoms with Crippen LogP contribution in [0.25, 0.3) is 11.0 Å². The Morgan fingerprint density at radius 2 is 2.15 bits per heavy atom. The van der Waals surface area contributed by atoms with Crippen LogP contribution in [0.4, 0.5) is 5.82 Å². The molecule has 3 aromatic rings. The summed E-state index contributed by atoms with van der Waals surface area (Å²) in [5.74, 6) is 0.329. The monoisotopic (exact) mass is 390 g/mol. The Hall–Kier alpha value is -2.09. The molecule has 0 radical (unpaired) electrons. The Morgan fingerprint density at radius 1 is 1.35 bits per heavy atom. The van der Waals surface area contributed by atoms with Gasteiger partial charge in [0.1, 0.15) is 5.82 Å². The van der Waals surface area contributed by atoms with Crippen molar-refractivity contribution in [2.24, 2.45) is 0 Å². The van der Waals surface area contributed by atoms with Crippen molar-refractivity contribution in [3.8, 4) is 0 Å². The highest BCUT2D eigenvalue weighted by atomic mass is 35.5. The Labute approximate surface area is 160 Å². The number of carbonyl (C=O) groups excluding carboxylic acids is 1. The molecule has 0 spiro atoms. The van der Waals surface area contributed by atoms with Gasteiger partial charge in [0.2, 0.25) is 5.91 Å². The molecule has 3 rings (SSSR count). The van der Waals surface area contributed by atoms with Crippen LogP contribution in [0, 0.1) is 0 Å². The first-order chi connectivity index (χ1) is 12.6. The van der Waals surface area contributed by atoms with Crippen LogP contribution in [0.1, 0.15) is 6.92 Å². The van der Waals surface area contributed by atoms with E-state index in [0.29, 0.717) is 24.0 Å². The zero-order valence-corrected chi connectivity index (χ0v) is 16.0. The van der Waals surface area contributed by atoms with Gasteiger partial charge in [0, 0.05) is 19.9 Å². The Morgan fingerprint density at radius 3 is 2.88 bits per heavy atom. The second kappa shape index (κ2) is 8.53. The summed E-state index contributed by atoms with van der Waals surface area (Å²) >= 11 is 7.22. The summed E-state index contributed by atoms with van der Waals surface area (Å²) in [6, 6.07) is 11.3. The summed E-state index contributed by atoms with van der Waals surface area (Å²) in [4.78, 5) is 21.2. The summed E-state index contributed by atoms with van der Waals surface area (Å²) in [5, 5.41) is 3.76. The topological polar surface area (TPSA) is 69.0 Å². The zero-order valence-electron chi connectivity index (χ0n) is 14.5. The van der Waals surface area contributed by atoms with Crippen molar-refractivity contribution in [2.75, 3.05) is 19.0 Å². The van der Waals surface area contributed by atoms with Crippen molar-refractivity contribution in [3.63, 3.8) is 0 Å². The van der Waals surface area contributed by atoms with E-state index in [0.717, 1.165) is 16.2 Å². The van der Waals surface area contributed by atoms with Crippen LogP contribution in [0.5, 0.6) is 0 Å². The lowest BCUT2D eigenvalue weighted by Crippen LogP contribution is -2.23. The highest BCUT2D eigenvalue weighted by Gasteiger charge is 2.19. The van der Waals surface area contributed by atoms with E-state index in [9.17, 15) is 4.79 Å². The Balaban J connectivity index is 1.76. The van der Waals surface area contributed by atoms with Gasteiger partial charge in [-0.1, -0.05) is 35.5 Å². The van der Waals surface area contributed by atoms with E-state index in [1.807, 2.05) is 31.2 Å². The van der Waals surface area contributed by atoms with Crippen molar-refractivity contribution in [1.29, 1.82) is 0 Å². The van der Waals surface area contributed by atoms with Crippen molar-refractivity contribution >= 4 is 46.1 Å². The van der Waals surface area contributed by atoms with Crippen LogP contribution < -0.4 is 5.32 Å². The number of pyridine rings is 1. The number of aromatic nitrogens is 3. The number of carbonyl (C=O) groups is 1. The minimum atomic E-state index is -0.342. The zero-order chi connectivity index (χ0) is 18.5. The second-order valence-electron chi connectivity index (χ2n) is 5.64. The molecule has 1 unspecified atom stereocenters. The number of anilines is 1. The number of thioether (sulfide) groups is 1. The fourth-order valence-electron chi connectivity index (χ4n) is 2.43. The van der Waals surface area contributed by atoms with Gasteiger partial charge in [0.15, 0.2) is 5.16 Å². The molecule has 1 N–H and O–H groups in total. The van der Waals surface area contributed by atoms with Crippen LogP contribution >= 0.6 is 23.4 Å². The van der Waals surface area contributed by atoms with Crippen LogP contribution in [0.15, 0.2) is 47.8 Å². The van der Waals surface area contributed by atoms with Gasteiger partial charge >= 0.3 is 0 Å². The predicted molar refractivity (Wildman–Crippen MR) is 105 cm³/mol. The quantitative estimate of drug-likeness (QED) is 0.620. The van der Waals surface area contributed by atoms with Gasteiger partial charge in [-0.25, -0.2) is 9.97 Å². The van der Waals surface area contributed by atoms with E-state index in [2.05, 4.69) is 19.9 Å². The van der Waals surface area contributed by atoms with Gasteiger partial charge < -0.3 is 14.6 Å². The molecule has 0 aliphatic heterocycles. The van der Waals surface area contributed by atoms with Crippen molar-refractivity contribution < 1.29 is 9.53 Å². The number of ether oxygens (including phenoxy) is 1. The minimum Gasteiger partial charge on any atom is -0.383 e. The molecule has 8 heteroatoms. The summed E-state index contributed by atoms with van der Waals surface area (Å²) in [5.41, 5.74) is 1.93. The third-order valence-electron chi connectivity index (χ3n) is 3.77. The maximum Gasteiger partial charge on any atom is 0.238 e. The van der Waals surface area contributed by atoms with E-state index >= 15 is 0 Å². The van der Waals surface area contributed by atoms with Crippen LogP contribution in [-0.2, 0) is 16.1 Å². The van der Waals surface area contributed by atoms with Gasteiger partial charge in [-0.05, 0) is 31.2 Å². The third kappa shape index (κ3) is 4.35. The van der Waals surface area contributed by atoms with Gasteiger partial charge in [-0.3, -0.25) is 4.79 Å².